The van der Waals surface area contributed by atoms with Crippen LogP contribution in [0, 0.1) is 43.3 Å². The number of fused-ring (bicyclic) bond motifs is 4. The first-order valence-electron chi connectivity index (χ1n) is 42.2. The summed E-state index contributed by atoms with van der Waals surface area (Å²) in [6, 6.07) is 40.8. The van der Waals surface area contributed by atoms with Crippen molar-refractivity contribution in [3.8, 4) is 5.75 Å². The van der Waals surface area contributed by atoms with E-state index < -0.39 is 0 Å². The molecule has 118 heavy (non-hydrogen) atoms. The molecule has 0 N–H and O–H groups in total. The highest BCUT2D eigenvalue weighted by atomic mass is 35.5. The van der Waals surface area contributed by atoms with Gasteiger partial charge in [-0.3, -0.25) is 19.2 Å². The summed E-state index contributed by atoms with van der Waals surface area (Å²) in [5.41, 5.74) is 11.3. The lowest BCUT2D eigenvalue weighted by molar-refractivity contribution is 0.0711. The van der Waals surface area contributed by atoms with E-state index in [1.165, 1.54) is 37.8 Å². The zero-order valence-electron chi connectivity index (χ0n) is 71.1. The summed E-state index contributed by atoms with van der Waals surface area (Å²) in [6.45, 7) is 31.4. The van der Waals surface area contributed by atoms with E-state index in [-0.39, 0.29) is 29.4 Å². The molecular weight excluding hydrogens is 1520 g/mol. The van der Waals surface area contributed by atoms with Crippen LogP contribution in [-0.2, 0) is 39.3 Å². The molecule has 0 saturated heterocycles. The van der Waals surface area contributed by atoms with Crippen LogP contribution in [0.1, 0.15) is 241 Å². The summed E-state index contributed by atoms with van der Waals surface area (Å²) in [7, 11) is 1.63. The number of nitrogens with zero attached hydrogens (tertiary/aromatic N) is 16. The number of ether oxygens (including phenoxy) is 1. The molecule has 14 rings (SSSR count). The van der Waals surface area contributed by atoms with Crippen LogP contribution in [-0.4, -0.2) is 135 Å². The number of rotatable bonds is 30. The Morgan fingerprint density at radius 2 is 0.856 bits per heavy atom. The highest BCUT2D eigenvalue weighted by Crippen LogP contribution is 2.36. The third-order valence-corrected chi connectivity index (χ3v) is 22.1. The number of pyridine rings is 4. The van der Waals surface area contributed by atoms with E-state index in [1.807, 2.05) is 137 Å². The summed E-state index contributed by atoms with van der Waals surface area (Å²) >= 11 is 12.3. The van der Waals surface area contributed by atoms with Gasteiger partial charge in [0.05, 0.1) is 33.3 Å². The van der Waals surface area contributed by atoms with Gasteiger partial charge in [-0.1, -0.05) is 142 Å². The minimum absolute atomic E-state index is 0.0179. The average molecular weight is 1640 g/mol. The number of amides is 4. The topological polar surface area (TPSA) is 213 Å². The normalized spacial score (nSPS) is 13.0. The highest BCUT2D eigenvalue weighted by Gasteiger charge is 2.31. The molecule has 0 unspecified atom stereocenters. The first kappa shape index (κ1) is 88.4. The van der Waals surface area contributed by atoms with Crippen LogP contribution in [0.3, 0.4) is 0 Å². The number of aryl methyl sites for hydroxylation is 4. The van der Waals surface area contributed by atoms with E-state index in [9.17, 15) is 23.6 Å². The maximum atomic E-state index is 13.9. The average Bonchev–Trinajstić information content (AvgIpc) is 1.63. The van der Waals surface area contributed by atoms with Crippen LogP contribution in [0.25, 0.3) is 44.7 Å². The predicted molar refractivity (Wildman–Crippen MR) is 470 cm³/mol. The smallest absolute Gasteiger partial charge is 0.254 e. The Morgan fingerprint density at radius 3 is 1.29 bits per heavy atom. The van der Waals surface area contributed by atoms with Crippen molar-refractivity contribution in [2.24, 2.45) is 23.7 Å². The van der Waals surface area contributed by atoms with Crippen molar-refractivity contribution < 1.29 is 28.3 Å². The monoisotopic (exact) mass is 1640 g/mol. The zero-order chi connectivity index (χ0) is 84.1. The molecule has 2 aliphatic rings. The van der Waals surface area contributed by atoms with E-state index in [4.69, 9.17) is 47.9 Å². The molecular formula is C94H117Cl2FN16O5. The fourth-order valence-electron chi connectivity index (χ4n) is 15.5. The number of carbonyl (C=O) groups is 4. The predicted octanol–water partition coefficient (Wildman–Crippen LogP) is 21.2. The summed E-state index contributed by atoms with van der Waals surface area (Å²) in [5.74, 6) is 5.56. The lowest BCUT2D eigenvalue weighted by Gasteiger charge is -2.26. The number of methoxy groups -OCH3 is 1. The van der Waals surface area contributed by atoms with E-state index in [0.717, 1.165) is 161 Å². The number of hydrogen-bond acceptors (Lipinski definition) is 13. The second kappa shape index (κ2) is 42.3. The van der Waals surface area contributed by atoms with Crippen molar-refractivity contribution in [2.75, 3.05) is 33.3 Å². The molecule has 0 atom stereocenters. The number of benzene rings is 4. The van der Waals surface area contributed by atoms with E-state index in [2.05, 4.69) is 107 Å². The number of halogens is 3. The number of imidazole rings is 4. The van der Waals surface area contributed by atoms with Crippen molar-refractivity contribution in [2.45, 2.75) is 218 Å². The molecule has 624 valence electrons. The molecule has 0 aliphatic heterocycles. The van der Waals surface area contributed by atoms with E-state index >= 15 is 0 Å². The first-order valence-corrected chi connectivity index (χ1v) is 43.0. The minimum Gasteiger partial charge on any atom is -0.497 e. The molecule has 12 aromatic rings. The van der Waals surface area contributed by atoms with Gasteiger partial charge in [0, 0.05) is 108 Å². The van der Waals surface area contributed by atoms with Gasteiger partial charge in [-0.05, 0) is 216 Å². The van der Waals surface area contributed by atoms with Gasteiger partial charge in [0.1, 0.15) is 56.9 Å². The van der Waals surface area contributed by atoms with E-state index in [1.54, 1.807) is 50.0 Å². The van der Waals surface area contributed by atoms with Crippen molar-refractivity contribution >= 4 is 91.5 Å². The summed E-state index contributed by atoms with van der Waals surface area (Å²) in [5, 5.41) is 0.902. The molecule has 2 saturated carbocycles. The second-order valence-corrected chi connectivity index (χ2v) is 33.8. The molecule has 4 aromatic carbocycles. The third-order valence-electron chi connectivity index (χ3n) is 21.6. The van der Waals surface area contributed by atoms with Gasteiger partial charge in [-0.25, -0.2) is 44.3 Å². The van der Waals surface area contributed by atoms with Gasteiger partial charge in [-0.15, -0.1) is 0 Å². The lowest BCUT2D eigenvalue weighted by atomic mass is 10.1. The van der Waals surface area contributed by atoms with Gasteiger partial charge in [0.25, 0.3) is 23.6 Å². The summed E-state index contributed by atoms with van der Waals surface area (Å²) < 4.78 is 28.0. The Bertz CT molecular complexity index is 5310. The molecule has 21 nitrogen and oxygen atoms in total. The number of hydrogen-bond donors (Lipinski definition) is 0. The standard InChI is InChI=1S/C25H31FN4O.C24H30N4O2.C23H30N4O.C22H26Cl2N4O/c1-17(2)12-14-29(25(31)21-15-19(26)11-10-18(21)3)16-23-28-22-9-6-13-27-24(22)30(23)20-7-4-5-8-20;1-17(2)15-27(24(29)18-10-12-20(30-3)13-11-18)16-22-26-21-9-6-14-25-23(21)28(22)19-7-4-5-8-19;1-5-13-27-21(25-20-10-7-12-24-22(20)27)16-26(14-11-17(2)3)23(28)19-9-6-8-18(4)15-19;1-4-9-28-20(26-19-6-5-8-25-21(19)28)14-27(10-7-15(2)3)22(29)16-11-17(23)13-18(24)12-16/h6,9-11,13,15,17,20H,4-5,7-8,12,14,16H2,1-3H3;6,9-14,17,19H,4-5,7-8,15-16H2,1-3H3;6-10,12,15,17H,5,11,13-14,16H2,1-4H3;5-6,8,11-13,15H,4,7,9-10,14H2,1-3H3. The van der Waals surface area contributed by atoms with Crippen LogP contribution in [0.2, 0.25) is 10.0 Å². The summed E-state index contributed by atoms with van der Waals surface area (Å²) in [4.78, 5) is 98.5. The quantitative estimate of drug-likeness (QED) is 0.0410. The van der Waals surface area contributed by atoms with Crippen LogP contribution in [0.15, 0.2) is 158 Å². The molecule has 24 heteroatoms. The van der Waals surface area contributed by atoms with Crippen molar-refractivity contribution in [3.63, 3.8) is 0 Å². The van der Waals surface area contributed by atoms with Gasteiger partial charge < -0.3 is 42.6 Å². The fraction of sp³-hybridized carbons (Fsp3) is 0.447. The Balaban J connectivity index is 0.000000154. The van der Waals surface area contributed by atoms with Crippen molar-refractivity contribution in [1.29, 1.82) is 0 Å². The summed E-state index contributed by atoms with van der Waals surface area (Å²) in [6.07, 6.45) is 21.3. The Labute approximate surface area is 704 Å². The molecule has 0 radical (unpaired) electrons. The molecule has 8 heterocycles. The van der Waals surface area contributed by atoms with Gasteiger partial charge in [0.15, 0.2) is 22.6 Å². The van der Waals surface area contributed by atoms with Crippen LogP contribution in [0.4, 0.5) is 4.39 Å². The first-order chi connectivity index (χ1) is 56.9. The highest BCUT2D eigenvalue weighted by molar-refractivity contribution is 6.35. The maximum Gasteiger partial charge on any atom is 0.254 e. The van der Waals surface area contributed by atoms with Crippen molar-refractivity contribution in [1.82, 2.24) is 77.7 Å². The Kier molecular flexibility index (Phi) is 31.7. The third kappa shape index (κ3) is 23.1. The Morgan fingerprint density at radius 1 is 0.449 bits per heavy atom. The molecule has 4 amide bonds. The molecule has 8 aromatic heterocycles. The van der Waals surface area contributed by atoms with Crippen LogP contribution >= 0.6 is 23.2 Å². The molecule has 2 aliphatic carbocycles. The van der Waals surface area contributed by atoms with Gasteiger partial charge >= 0.3 is 0 Å². The molecule has 0 bridgehead atoms. The minimum atomic E-state index is -0.389. The maximum absolute atomic E-state index is 13.9. The fourth-order valence-corrected chi connectivity index (χ4v) is 16.0. The molecule has 0 spiro atoms. The van der Waals surface area contributed by atoms with Gasteiger partial charge in [-0.2, -0.15) is 0 Å². The largest absolute Gasteiger partial charge is 0.497 e. The lowest BCUT2D eigenvalue weighted by Crippen LogP contribution is -2.35. The van der Waals surface area contributed by atoms with Crippen LogP contribution < -0.4 is 4.74 Å². The second-order valence-electron chi connectivity index (χ2n) is 32.9. The number of carbonyl (C=O) groups excluding carboxylic acids is 4. The van der Waals surface area contributed by atoms with Crippen molar-refractivity contribution in [3.05, 3.63) is 231 Å². The Hall–Kier alpha value is -10.5. The van der Waals surface area contributed by atoms with E-state index in [0.29, 0.717) is 115 Å². The SMILES string of the molecule is CCCn1c(CN(CCC(C)C)C(=O)c2cc(Cl)cc(Cl)c2)nc2cccnc21.CCCn1c(CN(CCC(C)C)C(=O)c2cccc(C)c2)nc2cccnc21.COc1ccc(C(=O)N(Cc2nc3cccnc3n2C2CCCC2)CC(C)C)cc1.Cc1ccc(F)cc1C(=O)N(CCC(C)C)Cc1nc2cccnc2n1C1CCCC1. The number of aromatic nitrogens is 12. The van der Waals surface area contributed by atoms with Gasteiger partial charge in [0.2, 0.25) is 0 Å². The zero-order valence-corrected chi connectivity index (χ0v) is 72.6. The van der Waals surface area contributed by atoms with Crippen LogP contribution in [0.5, 0.6) is 5.75 Å². The molecule has 2 fully saturated rings.